The first-order chi connectivity index (χ1) is 13.3. The number of H-pyrrole nitrogens is 1. The number of nitrogens with zero attached hydrogens (tertiary/aromatic N) is 2. The van der Waals surface area contributed by atoms with Crippen LogP contribution in [0.5, 0.6) is 5.75 Å². The number of piperidine rings is 1. The van der Waals surface area contributed by atoms with Crippen molar-refractivity contribution in [1.29, 1.82) is 0 Å². The average molecular weight is 368 g/mol. The molecular weight excluding hydrogens is 340 g/mol. The Kier molecular flexibility index (Phi) is 5.32. The van der Waals surface area contributed by atoms with Gasteiger partial charge in [-0.1, -0.05) is 6.07 Å². The topological polar surface area (TPSA) is 70.2 Å². The molecule has 0 radical (unpaired) electrons. The van der Waals surface area contributed by atoms with Crippen molar-refractivity contribution in [2.75, 3.05) is 20.2 Å². The third-order valence-electron chi connectivity index (χ3n) is 5.96. The number of aryl methyl sites for hydroxylation is 1. The molecule has 4 rings (SSSR count). The Balaban J connectivity index is 1.42. The quantitative estimate of drug-likeness (QED) is 0.863. The SMILES string of the molecule is COc1ccc2c(c1)CCC[C@H]2CNC(=O)N1CCCC[C@H]1c1cn[nH]c1. The van der Waals surface area contributed by atoms with E-state index in [4.69, 9.17) is 4.74 Å². The lowest BCUT2D eigenvalue weighted by molar-refractivity contribution is 0.151. The highest BCUT2D eigenvalue weighted by Crippen LogP contribution is 2.34. The second-order valence-electron chi connectivity index (χ2n) is 7.58. The van der Waals surface area contributed by atoms with Gasteiger partial charge in [0.2, 0.25) is 0 Å². The number of carbonyl (C=O) groups excluding carboxylic acids is 1. The van der Waals surface area contributed by atoms with E-state index in [1.807, 2.05) is 23.4 Å². The molecule has 2 heterocycles. The standard InChI is InChI=1S/C21H28N4O2/c1-27-18-8-9-19-15(11-18)5-4-6-16(19)12-22-21(26)25-10-3-2-7-20(25)17-13-23-24-14-17/h8-9,11,13-14,16,20H,2-7,10,12H2,1H3,(H,22,26)(H,23,24)/t16-,20-/m0/s1. The van der Waals surface area contributed by atoms with Gasteiger partial charge in [0.15, 0.2) is 0 Å². The maximum atomic E-state index is 12.9. The maximum Gasteiger partial charge on any atom is 0.317 e. The van der Waals surface area contributed by atoms with Crippen LogP contribution in [0.15, 0.2) is 30.6 Å². The van der Waals surface area contributed by atoms with Crippen molar-refractivity contribution in [3.05, 3.63) is 47.3 Å². The van der Waals surface area contributed by atoms with Crippen LogP contribution in [0.25, 0.3) is 0 Å². The van der Waals surface area contributed by atoms with E-state index in [0.29, 0.717) is 12.5 Å². The fourth-order valence-corrected chi connectivity index (χ4v) is 4.51. The maximum absolute atomic E-state index is 12.9. The van der Waals surface area contributed by atoms with Crippen LogP contribution in [-0.2, 0) is 6.42 Å². The van der Waals surface area contributed by atoms with E-state index in [2.05, 4.69) is 27.6 Å². The molecule has 1 aromatic heterocycles. The third kappa shape index (κ3) is 3.80. The number of methoxy groups -OCH3 is 1. The molecule has 2 aromatic rings. The highest BCUT2D eigenvalue weighted by Gasteiger charge is 2.29. The zero-order valence-corrected chi connectivity index (χ0v) is 15.9. The van der Waals surface area contributed by atoms with E-state index >= 15 is 0 Å². The lowest BCUT2D eigenvalue weighted by Gasteiger charge is -2.36. The van der Waals surface area contributed by atoms with Gasteiger partial charge in [-0.15, -0.1) is 0 Å². The fourth-order valence-electron chi connectivity index (χ4n) is 4.51. The Bertz CT molecular complexity index is 774. The summed E-state index contributed by atoms with van der Waals surface area (Å²) in [6, 6.07) is 6.50. The number of rotatable bonds is 4. The molecule has 2 aliphatic rings. The molecule has 27 heavy (non-hydrogen) atoms. The van der Waals surface area contributed by atoms with Gasteiger partial charge in [0.05, 0.1) is 19.3 Å². The molecular formula is C21H28N4O2. The third-order valence-corrected chi connectivity index (χ3v) is 5.96. The number of amides is 2. The van der Waals surface area contributed by atoms with Crippen LogP contribution in [-0.4, -0.2) is 41.3 Å². The predicted molar refractivity (Wildman–Crippen MR) is 104 cm³/mol. The number of ether oxygens (including phenoxy) is 1. The van der Waals surface area contributed by atoms with Gasteiger partial charge in [-0.3, -0.25) is 5.10 Å². The molecule has 144 valence electrons. The van der Waals surface area contributed by atoms with Crippen LogP contribution in [0.1, 0.15) is 60.8 Å². The first-order valence-corrected chi connectivity index (χ1v) is 9.96. The molecule has 1 aromatic carbocycles. The molecule has 1 saturated heterocycles. The summed E-state index contributed by atoms with van der Waals surface area (Å²) in [6.45, 7) is 1.49. The largest absolute Gasteiger partial charge is 0.497 e. The molecule has 1 fully saturated rings. The summed E-state index contributed by atoms with van der Waals surface area (Å²) in [4.78, 5) is 14.9. The van der Waals surface area contributed by atoms with Gasteiger partial charge in [0.25, 0.3) is 0 Å². The van der Waals surface area contributed by atoms with Crippen LogP contribution in [0.2, 0.25) is 0 Å². The zero-order chi connectivity index (χ0) is 18.6. The molecule has 1 aliphatic heterocycles. The second kappa shape index (κ2) is 8.03. The smallest absolute Gasteiger partial charge is 0.317 e. The number of likely N-dealkylation sites (tertiary alicyclic amines) is 1. The van der Waals surface area contributed by atoms with Gasteiger partial charge >= 0.3 is 6.03 Å². The van der Waals surface area contributed by atoms with Crippen molar-refractivity contribution in [3.63, 3.8) is 0 Å². The van der Waals surface area contributed by atoms with Gasteiger partial charge < -0.3 is 15.0 Å². The fraction of sp³-hybridized carbons (Fsp3) is 0.524. The Labute approximate surface area is 160 Å². The van der Waals surface area contributed by atoms with Crippen LogP contribution >= 0.6 is 0 Å². The van der Waals surface area contributed by atoms with Crippen LogP contribution < -0.4 is 10.1 Å². The summed E-state index contributed by atoms with van der Waals surface area (Å²) in [5, 5.41) is 10.1. The van der Waals surface area contributed by atoms with Crippen molar-refractivity contribution in [3.8, 4) is 5.75 Å². The van der Waals surface area contributed by atoms with Crippen molar-refractivity contribution < 1.29 is 9.53 Å². The minimum Gasteiger partial charge on any atom is -0.497 e. The first kappa shape index (κ1) is 17.9. The lowest BCUT2D eigenvalue weighted by atomic mass is 9.82. The normalized spacial score (nSPS) is 22.2. The van der Waals surface area contributed by atoms with E-state index in [1.165, 1.54) is 11.1 Å². The van der Waals surface area contributed by atoms with Crippen molar-refractivity contribution in [2.45, 2.75) is 50.5 Å². The number of carbonyl (C=O) groups is 1. The molecule has 0 bridgehead atoms. The number of hydrogen-bond acceptors (Lipinski definition) is 3. The molecule has 0 unspecified atom stereocenters. The van der Waals surface area contributed by atoms with Crippen LogP contribution in [0.3, 0.4) is 0 Å². The second-order valence-corrected chi connectivity index (χ2v) is 7.58. The highest BCUT2D eigenvalue weighted by atomic mass is 16.5. The summed E-state index contributed by atoms with van der Waals surface area (Å²) in [7, 11) is 1.71. The number of nitrogens with one attached hydrogen (secondary N) is 2. The molecule has 6 heteroatoms. The summed E-state index contributed by atoms with van der Waals surface area (Å²) in [5.41, 5.74) is 3.81. The van der Waals surface area contributed by atoms with Crippen LogP contribution in [0, 0.1) is 0 Å². The number of fused-ring (bicyclic) bond motifs is 1. The molecule has 2 amide bonds. The number of hydrogen-bond donors (Lipinski definition) is 2. The summed E-state index contributed by atoms with van der Waals surface area (Å²) in [5.74, 6) is 1.29. The Hall–Kier alpha value is -2.50. The number of benzene rings is 1. The minimum atomic E-state index is 0.0431. The molecule has 6 nitrogen and oxygen atoms in total. The summed E-state index contributed by atoms with van der Waals surface area (Å²) < 4.78 is 5.36. The highest BCUT2D eigenvalue weighted by molar-refractivity contribution is 5.75. The van der Waals surface area contributed by atoms with Crippen LogP contribution in [0.4, 0.5) is 4.79 Å². The zero-order valence-electron chi connectivity index (χ0n) is 15.9. The van der Waals surface area contributed by atoms with Gasteiger partial charge in [-0.05, 0) is 61.8 Å². The van der Waals surface area contributed by atoms with Gasteiger partial charge in [0.1, 0.15) is 5.75 Å². The van der Waals surface area contributed by atoms with Gasteiger partial charge in [-0.2, -0.15) is 5.10 Å². The number of aromatic nitrogens is 2. The Morgan fingerprint density at radius 1 is 1.33 bits per heavy atom. The Morgan fingerprint density at radius 3 is 3.07 bits per heavy atom. The first-order valence-electron chi connectivity index (χ1n) is 9.96. The molecule has 2 atom stereocenters. The summed E-state index contributed by atoms with van der Waals surface area (Å²) >= 11 is 0. The number of urea groups is 1. The van der Waals surface area contributed by atoms with E-state index < -0.39 is 0 Å². The number of aromatic amines is 1. The monoisotopic (exact) mass is 368 g/mol. The predicted octanol–water partition coefficient (Wildman–Crippen LogP) is 3.78. The van der Waals surface area contributed by atoms with Gasteiger partial charge in [0, 0.05) is 30.8 Å². The molecule has 0 spiro atoms. The van der Waals surface area contributed by atoms with Crippen molar-refractivity contribution in [2.24, 2.45) is 0 Å². The van der Waals surface area contributed by atoms with E-state index in [0.717, 1.165) is 56.4 Å². The van der Waals surface area contributed by atoms with Gasteiger partial charge in [-0.25, -0.2) is 4.79 Å². The van der Waals surface area contributed by atoms with Crippen molar-refractivity contribution >= 4 is 6.03 Å². The summed E-state index contributed by atoms with van der Waals surface area (Å²) in [6.07, 6.45) is 10.3. The van der Waals surface area contributed by atoms with E-state index in [-0.39, 0.29) is 12.1 Å². The van der Waals surface area contributed by atoms with Crippen molar-refractivity contribution in [1.82, 2.24) is 20.4 Å². The molecule has 0 saturated carbocycles. The minimum absolute atomic E-state index is 0.0431. The average Bonchev–Trinajstić information content (AvgIpc) is 3.26. The molecule has 1 aliphatic carbocycles. The molecule has 2 N–H and O–H groups in total. The Morgan fingerprint density at radius 2 is 2.26 bits per heavy atom. The lowest BCUT2D eigenvalue weighted by Crippen LogP contribution is -2.45. The van der Waals surface area contributed by atoms with E-state index in [9.17, 15) is 4.79 Å². The van der Waals surface area contributed by atoms with E-state index in [1.54, 1.807) is 7.11 Å².